The zero-order chi connectivity index (χ0) is 17.4. The molecular formula is C18H15N3O3. The van der Waals surface area contributed by atoms with Crippen LogP contribution in [0.3, 0.4) is 0 Å². The SMILES string of the molecule is N#C/C(=C\c1ccc(OCC(N)=O)cc1)C(=O)Nc1ccccc1. The van der Waals surface area contributed by atoms with Gasteiger partial charge < -0.3 is 15.8 Å². The summed E-state index contributed by atoms with van der Waals surface area (Å²) in [6.07, 6.45) is 1.47. The molecule has 2 aromatic carbocycles. The van der Waals surface area contributed by atoms with Gasteiger partial charge in [-0.15, -0.1) is 0 Å². The van der Waals surface area contributed by atoms with Crippen molar-refractivity contribution in [2.45, 2.75) is 0 Å². The summed E-state index contributed by atoms with van der Waals surface area (Å²) < 4.78 is 5.14. The molecular weight excluding hydrogens is 306 g/mol. The van der Waals surface area contributed by atoms with Crippen LogP contribution in [0.25, 0.3) is 6.08 Å². The van der Waals surface area contributed by atoms with Crippen LogP contribution in [0.5, 0.6) is 5.75 Å². The summed E-state index contributed by atoms with van der Waals surface area (Å²) >= 11 is 0. The number of primary amides is 1. The van der Waals surface area contributed by atoms with Crippen LogP contribution in [0, 0.1) is 11.3 Å². The van der Waals surface area contributed by atoms with Crippen LogP contribution in [0.4, 0.5) is 5.69 Å². The lowest BCUT2D eigenvalue weighted by Gasteiger charge is -2.05. The molecule has 2 amide bonds. The van der Waals surface area contributed by atoms with Crippen molar-refractivity contribution in [2.24, 2.45) is 5.73 Å². The molecule has 0 spiro atoms. The van der Waals surface area contributed by atoms with E-state index < -0.39 is 11.8 Å². The standard InChI is InChI=1S/C18H15N3O3/c19-11-14(18(23)21-15-4-2-1-3-5-15)10-13-6-8-16(9-7-13)24-12-17(20)22/h1-10H,12H2,(H2,20,22)(H,21,23)/b14-10+. The van der Waals surface area contributed by atoms with Gasteiger partial charge in [-0.05, 0) is 35.9 Å². The highest BCUT2D eigenvalue weighted by molar-refractivity contribution is 6.09. The van der Waals surface area contributed by atoms with Crippen molar-refractivity contribution < 1.29 is 14.3 Å². The van der Waals surface area contributed by atoms with Gasteiger partial charge in [-0.3, -0.25) is 9.59 Å². The van der Waals surface area contributed by atoms with E-state index in [-0.39, 0.29) is 12.2 Å². The quantitative estimate of drug-likeness (QED) is 0.627. The second-order valence-corrected chi connectivity index (χ2v) is 4.81. The number of nitrogens with two attached hydrogens (primary N) is 1. The molecule has 6 nitrogen and oxygen atoms in total. The predicted molar refractivity (Wildman–Crippen MR) is 89.8 cm³/mol. The molecule has 3 N–H and O–H groups in total. The molecule has 0 aliphatic carbocycles. The molecule has 24 heavy (non-hydrogen) atoms. The molecule has 0 aromatic heterocycles. The Labute approximate surface area is 139 Å². The number of hydrogen-bond acceptors (Lipinski definition) is 4. The average Bonchev–Trinajstić information content (AvgIpc) is 2.59. The van der Waals surface area contributed by atoms with Gasteiger partial charge in [-0.2, -0.15) is 5.26 Å². The minimum atomic E-state index is -0.566. The lowest BCUT2D eigenvalue weighted by atomic mass is 10.1. The van der Waals surface area contributed by atoms with Gasteiger partial charge in [0.2, 0.25) is 0 Å². The highest BCUT2D eigenvalue weighted by Crippen LogP contribution is 2.15. The minimum Gasteiger partial charge on any atom is -0.484 e. The molecule has 2 rings (SSSR count). The van der Waals surface area contributed by atoms with Crippen molar-refractivity contribution in [3.8, 4) is 11.8 Å². The summed E-state index contributed by atoms with van der Waals surface area (Å²) in [5.41, 5.74) is 6.24. The second-order valence-electron chi connectivity index (χ2n) is 4.81. The molecule has 0 saturated carbocycles. The molecule has 0 heterocycles. The Kier molecular flexibility index (Phi) is 5.70. The highest BCUT2D eigenvalue weighted by Gasteiger charge is 2.09. The molecule has 0 radical (unpaired) electrons. The van der Waals surface area contributed by atoms with Crippen molar-refractivity contribution in [1.82, 2.24) is 0 Å². The summed E-state index contributed by atoms with van der Waals surface area (Å²) in [5, 5.41) is 11.8. The Morgan fingerprint density at radius 2 is 1.79 bits per heavy atom. The fourth-order valence-corrected chi connectivity index (χ4v) is 1.85. The Balaban J connectivity index is 2.08. The van der Waals surface area contributed by atoms with Crippen molar-refractivity contribution in [3.63, 3.8) is 0 Å². The van der Waals surface area contributed by atoms with Crippen LogP contribution in [-0.4, -0.2) is 18.4 Å². The third-order valence-corrected chi connectivity index (χ3v) is 2.97. The van der Waals surface area contributed by atoms with Gasteiger partial charge in [-0.25, -0.2) is 0 Å². The molecule has 0 aliphatic rings. The van der Waals surface area contributed by atoms with Gasteiger partial charge in [0.1, 0.15) is 17.4 Å². The molecule has 6 heteroatoms. The highest BCUT2D eigenvalue weighted by atomic mass is 16.5. The summed E-state index contributed by atoms with van der Waals surface area (Å²) in [7, 11) is 0. The van der Waals surface area contributed by atoms with Gasteiger partial charge in [0.25, 0.3) is 11.8 Å². The molecule has 0 saturated heterocycles. The zero-order valence-corrected chi connectivity index (χ0v) is 12.7. The first-order chi connectivity index (χ1) is 11.6. The van der Waals surface area contributed by atoms with Gasteiger partial charge >= 0.3 is 0 Å². The molecule has 0 aliphatic heterocycles. The van der Waals surface area contributed by atoms with Crippen molar-refractivity contribution in [3.05, 3.63) is 65.7 Å². The van der Waals surface area contributed by atoms with Gasteiger partial charge in [0.05, 0.1) is 0 Å². The first kappa shape index (κ1) is 16.8. The van der Waals surface area contributed by atoms with Gasteiger partial charge in [-0.1, -0.05) is 30.3 Å². The van der Waals surface area contributed by atoms with E-state index in [2.05, 4.69) is 5.32 Å². The molecule has 0 atom stereocenters. The van der Waals surface area contributed by atoms with E-state index in [9.17, 15) is 14.9 Å². The monoisotopic (exact) mass is 321 g/mol. The number of benzene rings is 2. The van der Waals surface area contributed by atoms with Crippen molar-refractivity contribution >= 4 is 23.6 Å². The van der Waals surface area contributed by atoms with E-state index in [0.717, 1.165) is 0 Å². The normalized spacial score (nSPS) is 10.5. The fraction of sp³-hybridized carbons (Fsp3) is 0.0556. The number of nitrogens with zero attached hydrogens (tertiary/aromatic N) is 1. The summed E-state index contributed by atoms with van der Waals surface area (Å²) in [4.78, 5) is 22.8. The molecule has 0 unspecified atom stereocenters. The Bertz CT molecular complexity index is 791. The fourth-order valence-electron chi connectivity index (χ4n) is 1.85. The van der Waals surface area contributed by atoms with Gasteiger partial charge in [0, 0.05) is 5.69 Å². The second kappa shape index (κ2) is 8.15. The molecule has 0 fully saturated rings. The van der Waals surface area contributed by atoms with Crippen LogP contribution in [-0.2, 0) is 9.59 Å². The number of para-hydroxylation sites is 1. The maximum atomic E-state index is 12.1. The Hall–Kier alpha value is -3.59. The van der Waals surface area contributed by atoms with Crippen molar-refractivity contribution in [1.29, 1.82) is 5.26 Å². The summed E-state index contributed by atoms with van der Waals surface area (Å²) in [6, 6.07) is 17.3. The van der Waals surface area contributed by atoms with E-state index in [1.54, 1.807) is 48.5 Å². The number of rotatable bonds is 6. The maximum Gasteiger partial charge on any atom is 0.266 e. The smallest absolute Gasteiger partial charge is 0.266 e. The molecule has 0 bridgehead atoms. The number of nitriles is 1. The number of amides is 2. The maximum absolute atomic E-state index is 12.1. The van der Waals surface area contributed by atoms with E-state index in [4.69, 9.17) is 10.5 Å². The largest absolute Gasteiger partial charge is 0.484 e. The Morgan fingerprint density at radius 1 is 1.12 bits per heavy atom. The third kappa shape index (κ3) is 5.00. The first-order valence-corrected chi connectivity index (χ1v) is 7.08. The summed E-state index contributed by atoms with van der Waals surface area (Å²) in [5.74, 6) is -0.584. The minimum absolute atomic E-state index is 0.0235. The van der Waals surface area contributed by atoms with E-state index in [0.29, 0.717) is 17.0 Å². The summed E-state index contributed by atoms with van der Waals surface area (Å²) in [6.45, 7) is -0.210. The number of nitrogens with one attached hydrogen (secondary N) is 1. The van der Waals surface area contributed by atoms with Gasteiger partial charge in [0.15, 0.2) is 6.61 Å². The number of anilines is 1. The number of carbonyl (C=O) groups is 2. The average molecular weight is 321 g/mol. The predicted octanol–water partition coefficient (Wildman–Crippen LogP) is 2.10. The van der Waals surface area contributed by atoms with Crippen LogP contribution in [0.2, 0.25) is 0 Å². The van der Waals surface area contributed by atoms with E-state index in [1.807, 2.05) is 12.1 Å². The topological polar surface area (TPSA) is 105 Å². The number of ether oxygens (including phenoxy) is 1. The lowest BCUT2D eigenvalue weighted by molar-refractivity contribution is -0.120. The van der Waals surface area contributed by atoms with E-state index in [1.165, 1.54) is 6.08 Å². The van der Waals surface area contributed by atoms with Crippen LogP contribution >= 0.6 is 0 Å². The number of carbonyl (C=O) groups excluding carboxylic acids is 2. The van der Waals surface area contributed by atoms with Crippen molar-refractivity contribution in [2.75, 3.05) is 11.9 Å². The molecule has 120 valence electrons. The van der Waals surface area contributed by atoms with Crippen LogP contribution < -0.4 is 15.8 Å². The Morgan fingerprint density at radius 3 is 2.38 bits per heavy atom. The zero-order valence-electron chi connectivity index (χ0n) is 12.7. The van der Waals surface area contributed by atoms with Crippen LogP contribution in [0.1, 0.15) is 5.56 Å². The third-order valence-electron chi connectivity index (χ3n) is 2.97. The first-order valence-electron chi connectivity index (χ1n) is 7.08. The lowest BCUT2D eigenvalue weighted by Crippen LogP contribution is -2.19. The van der Waals surface area contributed by atoms with Crippen LogP contribution in [0.15, 0.2) is 60.2 Å². The van der Waals surface area contributed by atoms with E-state index >= 15 is 0 Å². The molecule has 2 aromatic rings. The number of hydrogen-bond donors (Lipinski definition) is 2.